The zero-order chi connectivity index (χ0) is 7.84. The minimum Gasteiger partial charge on any atom is -0.211 e. The Hall–Kier alpha value is -0.190. The van der Waals surface area contributed by atoms with Gasteiger partial charge >= 0.3 is 0 Å². The molecule has 0 aliphatic heterocycles. The lowest BCUT2D eigenvalue weighted by molar-refractivity contribution is 1.17. The number of fused-ring (bicyclic) bond motifs is 1. The van der Waals surface area contributed by atoms with E-state index >= 15 is 0 Å². The van der Waals surface area contributed by atoms with Crippen molar-refractivity contribution in [3.05, 3.63) is 21.3 Å². The summed E-state index contributed by atoms with van der Waals surface area (Å²) in [5.74, 6) is 0. The van der Waals surface area contributed by atoms with E-state index in [0.717, 1.165) is 10.2 Å². The highest BCUT2D eigenvalue weighted by atomic mass is 79.9. The number of thiophene rings is 1. The number of aromatic nitrogens is 2. The summed E-state index contributed by atoms with van der Waals surface area (Å²) in [7, 11) is 0. The van der Waals surface area contributed by atoms with Gasteiger partial charge in [0, 0.05) is 5.39 Å². The number of nitrogens with zero attached hydrogens (tertiary/aromatic N) is 2. The molecule has 56 valence electrons. The van der Waals surface area contributed by atoms with Gasteiger partial charge in [-0.15, -0.1) is 11.3 Å². The van der Waals surface area contributed by atoms with E-state index in [9.17, 15) is 0 Å². The molecule has 5 heteroatoms. The minimum absolute atomic E-state index is 0.503. The molecule has 0 aliphatic rings. The molecule has 2 aromatic rings. The van der Waals surface area contributed by atoms with E-state index in [1.165, 1.54) is 0 Å². The fraction of sp³-hybridized carbons (Fsp3) is 0. The second-order valence-corrected chi connectivity index (χ2v) is 3.88. The van der Waals surface area contributed by atoms with Crippen molar-refractivity contribution in [3.8, 4) is 0 Å². The third-order valence-corrected chi connectivity index (χ3v) is 2.70. The molecule has 2 rings (SSSR count). The van der Waals surface area contributed by atoms with Crippen molar-refractivity contribution in [1.29, 1.82) is 0 Å². The second-order valence-electron chi connectivity index (χ2n) is 1.92. The van der Waals surface area contributed by atoms with Crippen molar-refractivity contribution in [2.75, 3.05) is 0 Å². The van der Waals surface area contributed by atoms with Crippen molar-refractivity contribution < 1.29 is 0 Å². The van der Waals surface area contributed by atoms with Crippen LogP contribution in [0, 0.1) is 0 Å². The van der Waals surface area contributed by atoms with Crippen molar-refractivity contribution in [2.45, 2.75) is 0 Å². The molecule has 0 N–H and O–H groups in total. The van der Waals surface area contributed by atoms with E-state index < -0.39 is 0 Å². The highest BCUT2D eigenvalue weighted by Gasteiger charge is 2.03. The van der Waals surface area contributed by atoms with Crippen molar-refractivity contribution >= 4 is 49.1 Å². The first-order valence-corrected chi connectivity index (χ1v) is 4.88. The Bertz CT molecular complexity index is 400. The lowest BCUT2D eigenvalue weighted by Gasteiger charge is -1.92. The Balaban J connectivity index is 2.91. The van der Waals surface area contributed by atoms with E-state index in [0.29, 0.717) is 9.89 Å². The van der Waals surface area contributed by atoms with Crippen LogP contribution in [0.2, 0.25) is 5.15 Å². The SMILES string of the molecule is Clc1nc(Br)nc2sccc12. The zero-order valence-corrected chi connectivity index (χ0v) is 8.37. The molecule has 0 unspecified atom stereocenters. The number of hydrogen-bond donors (Lipinski definition) is 0. The molecule has 0 saturated heterocycles. The molecule has 0 saturated carbocycles. The van der Waals surface area contributed by atoms with Crippen LogP contribution in [0.4, 0.5) is 0 Å². The molecule has 2 heterocycles. The average Bonchev–Trinajstić information content (AvgIpc) is 2.34. The topological polar surface area (TPSA) is 25.8 Å². The summed E-state index contributed by atoms with van der Waals surface area (Å²) in [6.45, 7) is 0. The maximum Gasteiger partial charge on any atom is 0.199 e. The maximum absolute atomic E-state index is 5.83. The van der Waals surface area contributed by atoms with Crippen LogP contribution < -0.4 is 0 Å². The molecule has 0 bridgehead atoms. The maximum atomic E-state index is 5.83. The quantitative estimate of drug-likeness (QED) is 0.530. The van der Waals surface area contributed by atoms with Crippen LogP contribution in [-0.4, -0.2) is 9.97 Å². The second kappa shape index (κ2) is 2.69. The molecule has 0 atom stereocenters. The van der Waals surface area contributed by atoms with Crippen LogP contribution in [0.5, 0.6) is 0 Å². The van der Waals surface area contributed by atoms with E-state index in [-0.39, 0.29) is 0 Å². The molecular formula is C6H2BrClN2S. The Morgan fingerprint density at radius 3 is 3.09 bits per heavy atom. The highest BCUT2D eigenvalue weighted by molar-refractivity contribution is 9.10. The first-order valence-electron chi connectivity index (χ1n) is 2.83. The lowest BCUT2D eigenvalue weighted by Crippen LogP contribution is -1.81. The first-order chi connectivity index (χ1) is 5.27. The van der Waals surface area contributed by atoms with E-state index in [4.69, 9.17) is 11.6 Å². The van der Waals surface area contributed by atoms with Gasteiger partial charge < -0.3 is 0 Å². The molecular weight excluding hydrogens is 248 g/mol. The Morgan fingerprint density at radius 1 is 1.45 bits per heavy atom. The number of halogens is 2. The fourth-order valence-corrected chi connectivity index (χ4v) is 2.42. The summed E-state index contributed by atoms with van der Waals surface area (Å²) in [4.78, 5) is 9.00. The third kappa shape index (κ3) is 1.26. The fourth-order valence-electron chi connectivity index (χ4n) is 0.795. The molecule has 2 nitrogen and oxygen atoms in total. The van der Waals surface area contributed by atoms with Crippen LogP contribution in [0.3, 0.4) is 0 Å². The summed E-state index contributed by atoms with van der Waals surface area (Å²) < 4.78 is 0.539. The molecule has 11 heavy (non-hydrogen) atoms. The Morgan fingerprint density at radius 2 is 2.27 bits per heavy atom. The van der Waals surface area contributed by atoms with Gasteiger partial charge in [0.2, 0.25) is 0 Å². The van der Waals surface area contributed by atoms with Gasteiger partial charge in [-0.05, 0) is 27.4 Å². The molecule has 0 amide bonds. The standard InChI is InChI=1S/C6H2BrClN2S/c7-6-9-4(8)3-1-2-11-5(3)10-6/h1-2H. The highest BCUT2D eigenvalue weighted by Crippen LogP contribution is 2.25. The van der Waals surface area contributed by atoms with Gasteiger partial charge in [-0.1, -0.05) is 11.6 Å². The van der Waals surface area contributed by atoms with E-state index in [1.807, 2.05) is 11.4 Å². The van der Waals surface area contributed by atoms with Gasteiger partial charge in [-0.25, -0.2) is 9.97 Å². The van der Waals surface area contributed by atoms with Gasteiger partial charge in [0.1, 0.15) is 9.98 Å². The van der Waals surface area contributed by atoms with Gasteiger partial charge in [0.05, 0.1) is 0 Å². The third-order valence-electron chi connectivity index (χ3n) is 1.25. The Labute approximate surface area is 80.4 Å². The van der Waals surface area contributed by atoms with Crippen molar-refractivity contribution in [1.82, 2.24) is 9.97 Å². The van der Waals surface area contributed by atoms with Gasteiger partial charge in [-0.3, -0.25) is 0 Å². The van der Waals surface area contributed by atoms with Gasteiger partial charge in [0.15, 0.2) is 4.73 Å². The largest absolute Gasteiger partial charge is 0.211 e. The molecule has 0 aliphatic carbocycles. The zero-order valence-electron chi connectivity index (χ0n) is 5.21. The van der Waals surface area contributed by atoms with E-state index in [1.54, 1.807) is 11.3 Å². The van der Waals surface area contributed by atoms with Gasteiger partial charge in [-0.2, -0.15) is 0 Å². The minimum atomic E-state index is 0.503. The summed E-state index contributed by atoms with van der Waals surface area (Å²) >= 11 is 10.5. The smallest absolute Gasteiger partial charge is 0.199 e. The van der Waals surface area contributed by atoms with Gasteiger partial charge in [0.25, 0.3) is 0 Å². The number of hydrogen-bond acceptors (Lipinski definition) is 3. The first kappa shape index (κ1) is 7.46. The van der Waals surface area contributed by atoms with Crippen molar-refractivity contribution in [2.24, 2.45) is 0 Å². The van der Waals surface area contributed by atoms with E-state index in [2.05, 4.69) is 25.9 Å². The molecule has 2 aromatic heterocycles. The van der Waals surface area contributed by atoms with Crippen LogP contribution >= 0.6 is 38.9 Å². The van der Waals surface area contributed by atoms with Crippen LogP contribution in [0.15, 0.2) is 16.2 Å². The summed E-state index contributed by atoms with van der Waals surface area (Å²) in [5.41, 5.74) is 0. The molecule has 0 aromatic carbocycles. The summed E-state index contributed by atoms with van der Waals surface area (Å²) in [6.07, 6.45) is 0. The van der Waals surface area contributed by atoms with Crippen LogP contribution in [0.1, 0.15) is 0 Å². The molecule has 0 fully saturated rings. The number of rotatable bonds is 0. The predicted molar refractivity (Wildman–Crippen MR) is 50.1 cm³/mol. The average molecular weight is 250 g/mol. The monoisotopic (exact) mass is 248 g/mol. The lowest BCUT2D eigenvalue weighted by atomic mass is 10.4. The van der Waals surface area contributed by atoms with Crippen LogP contribution in [0.25, 0.3) is 10.2 Å². The molecule has 0 radical (unpaired) electrons. The predicted octanol–water partition coefficient (Wildman–Crippen LogP) is 3.11. The van der Waals surface area contributed by atoms with Crippen molar-refractivity contribution in [3.63, 3.8) is 0 Å². The summed E-state index contributed by atoms with van der Waals surface area (Å²) in [5, 5.41) is 3.36. The molecule has 0 spiro atoms. The normalized spacial score (nSPS) is 10.7. The Kier molecular flexibility index (Phi) is 1.83. The van der Waals surface area contributed by atoms with Crippen LogP contribution in [-0.2, 0) is 0 Å². The summed E-state index contributed by atoms with van der Waals surface area (Å²) in [6, 6.07) is 1.91.